The van der Waals surface area contributed by atoms with E-state index in [0.29, 0.717) is 27.2 Å². The molecule has 1 heterocycles. The smallest absolute Gasteiger partial charge is 0.237 e. The van der Waals surface area contributed by atoms with E-state index in [1.807, 2.05) is 6.07 Å². The average molecular weight is 319 g/mol. The van der Waals surface area contributed by atoms with Crippen molar-refractivity contribution in [3.05, 3.63) is 51.1 Å². The number of rotatable bonds is 2. The predicted octanol–water partition coefficient (Wildman–Crippen LogP) is 4.93. The van der Waals surface area contributed by atoms with Gasteiger partial charge in [0.1, 0.15) is 17.4 Å². The van der Waals surface area contributed by atoms with Crippen LogP contribution in [0.5, 0.6) is 11.6 Å². The molecule has 1 aliphatic rings. The highest BCUT2D eigenvalue weighted by atomic mass is 35.5. The molecular weight excluding hydrogens is 307 g/mol. The van der Waals surface area contributed by atoms with Crippen molar-refractivity contribution in [1.29, 1.82) is 5.26 Å². The van der Waals surface area contributed by atoms with Crippen LogP contribution in [0, 0.1) is 11.3 Å². The molecule has 0 atom stereocenters. The number of benzene rings is 1. The summed E-state index contributed by atoms with van der Waals surface area (Å²) in [5, 5.41) is 10.2. The van der Waals surface area contributed by atoms with Crippen LogP contribution >= 0.6 is 23.2 Å². The predicted molar refractivity (Wildman–Crippen MR) is 82.1 cm³/mol. The Kier molecular flexibility index (Phi) is 4.01. The van der Waals surface area contributed by atoms with E-state index in [1.54, 1.807) is 18.2 Å². The van der Waals surface area contributed by atoms with Gasteiger partial charge in [-0.2, -0.15) is 5.26 Å². The topological polar surface area (TPSA) is 45.9 Å². The van der Waals surface area contributed by atoms with Crippen LogP contribution in [0.3, 0.4) is 0 Å². The van der Waals surface area contributed by atoms with Crippen molar-refractivity contribution in [3.8, 4) is 17.7 Å². The number of ether oxygens (including phenoxy) is 1. The molecule has 5 heteroatoms. The summed E-state index contributed by atoms with van der Waals surface area (Å²) in [6, 6.07) is 8.96. The monoisotopic (exact) mass is 318 g/mol. The Morgan fingerprint density at radius 2 is 1.95 bits per heavy atom. The van der Waals surface area contributed by atoms with Crippen molar-refractivity contribution in [2.24, 2.45) is 0 Å². The molecule has 1 aromatic heterocycles. The lowest BCUT2D eigenvalue weighted by Crippen LogP contribution is -2.07. The van der Waals surface area contributed by atoms with Crippen molar-refractivity contribution < 1.29 is 4.74 Å². The Hall–Kier alpha value is -1.76. The lowest BCUT2D eigenvalue weighted by atomic mass is 9.95. The van der Waals surface area contributed by atoms with Gasteiger partial charge in [-0.15, -0.1) is 0 Å². The van der Waals surface area contributed by atoms with Gasteiger partial charge in [0.2, 0.25) is 5.88 Å². The van der Waals surface area contributed by atoms with Gasteiger partial charge in [-0.25, -0.2) is 4.98 Å². The summed E-state index contributed by atoms with van der Waals surface area (Å²) in [4.78, 5) is 4.50. The van der Waals surface area contributed by atoms with Crippen LogP contribution in [0.2, 0.25) is 10.0 Å². The fourth-order valence-electron chi connectivity index (χ4n) is 2.43. The molecule has 0 bridgehead atoms. The van der Waals surface area contributed by atoms with Crippen molar-refractivity contribution >= 4 is 23.2 Å². The number of fused-ring (bicyclic) bond motifs is 1. The van der Waals surface area contributed by atoms with Crippen LogP contribution < -0.4 is 4.74 Å². The van der Waals surface area contributed by atoms with Crippen molar-refractivity contribution in [2.75, 3.05) is 0 Å². The fraction of sp³-hybridized carbons (Fsp3) is 0.250. The third kappa shape index (κ3) is 2.97. The van der Waals surface area contributed by atoms with Crippen LogP contribution in [-0.2, 0) is 12.8 Å². The molecule has 3 nitrogen and oxygen atoms in total. The number of nitrogens with zero attached hydrogens (tertiary/aromatic N) is 2. The van der Waals surface area contributed by atoms with Crippen LogP contribution in [0.4, 0.5) is 0 Å². The van der Waals surface area contributed by atoms with Gasteiger partial charge in [-0.3, -0.25) is 0 Å². The van der Waals surface area contributed by atoms with Crippen molar-refractivity contribution in [3.63, 3.8) is 0 Å². The fourth-order valence-corrected chi connectivity index (χ4v) is 2.75. The molecule has 106 valence electrons. The molecule has 3 rings (SSSR count). The van der Waals surface area contributed by atoms with Gasteiger partial charge in [0.25, 0.3) is 0 Å². The van der Waals surface area contributed by atoms with Crippen LogP contribution in [0.25, 0.3) is 0 Å². The second kappa shape index (κ2) is 5.93. The number of hydrogen-bond acceptors (Lipinski definition) is 3. The van der Waals surface area contributed by atoms with Crippen LogP contribution in [0.1, 0.15) is 29.7 Å². The quantitative estimate of drug-likeness (QED) is 0.788. The average Bonchev–Trinajstić information content (AvgIpc) is 2.50. The standard InChI is InChI=1S/C16H12Cl2N2O/c17-12-5-6-13(18)15(8-12)21-16-11(9-19)7-10-3-1-2-4-14(10)20-16/h5-8H,1-4H2. The number of hydrogen-bond donors (Lipinski definition) is 0. The molecule has 0 spiro atoms. The van der Waals surface area contributed by atoms with E-state index in [-0.39, 0.29) is 0 Å². The van der Waals surface area contributed by atoms with E-state index < -0.39 is 0 Å². The van der Waals surface area contributed by atoms with Crippen LogP contribution in [0.15, 0.2) is 24.3 Å². The lowest BCUT2D eigenvalue weighted by Gasteiger charge is -2.17. The molecule has 0 saturated heterocycles. The largest absolute Gasteiger partial charge is 0.436 e. The zero-order valence-electron chi connectivity index (χ0n) is 11.2. The van der Waals surface area contributed by atoms with Gasteiger partial charge in [-0.05, 0) is 49.4 Å². The van der Waals surface area contributed by atoms with E-state index in [0.717, 1.165) is 36.9 Å². The summed E-state index contributed by atoms with van der Waals surface area (Å²) in [5.74, 6) is 0.700. The second-order valence-electron chi connectivity index (χ2n) is 4.94. The normalized spacial score (nSPS) is 13.4. The van der Waals surface area contributed by atoms with Gasteiger partial charge < -0.3 is 4.74 Å². The molecule has 0 aliphatic heterocycles. The Bertz CT molecular complexity index is 738. The number of halogens is 2. The highest BCUT2D eigenvalue weighted by Gasteiger charge is 2.17. The first-order valence-corrected chi connectivity index (χ1v) is 7.49. The van der Waals surface area contributed by atoms with Crippen molar-refractivity contribution in [2.45, 2.75) is 25.7 Å². The Morgan fingerprint density at radius 1 is 1.14 bits per heavy atom. The minimum absolute atomic E-state index is 0.294. The molecule has 21 heavy (non-hydrogen) atoms. The number of nitriles is 1. The van der Waals surface area contributed by atoms with Gasteiger partial charge >= 0.3 is 0 Å². The summed E-state index contributed by atoms with van der Waals surface area (Å²) in [6.45, 7) is 0. The molecule has 0 N–H and O–H groups in total. The molecule has 1 aliphatic carbocycles. The third-order valence-corrected chi connectivity index (χ3v) is 4.03. The number of aromatic nitrogens is 1. The van der Waals surface area contributed by atoms with Gasteiger partial charge in [0.05, 0.1) is 5.02 Å². The molecule has 0 saturated carbocycles. The molecule has 1 aromatic carbocycles. The van der Waals surface area contributed by atoms with Gasteiger partial charge in [-0.1, -0.05) is 23.2 Å². The maximum Gasteiger partial charge on any atom is 0.237 e. The minimum atomic E-state index is 0.294. The molecule has 0 unspecified atom stereocenters. The highest BCUT2D eigenvalue weighted by molar-refractivity contribution is 6.34. The summed E-state index contributed by atoms with van der Waals surface area (Å²) in [7, 11) is 0. The maximum absolute atomic E-state index is 9.29. The van der Waals surface area contributed by atoms with Crippen LogP contribution in [-0.4, -0.2) is 4.98 Å². The first-order chi connectivity index (χ1) is 10.2. The first-order valence-electron chi connectivity index (χ1n) is 6.73. The molecule has 2 aromatic rings. The van der Waals surface area contributed by atoms with E-state index in [2.05, 4.69) is 11.1 Å². The van der Waals surface area contributed by atoms with E-state index >= 15 is 0 Å². The van der Waals surface area contributed by atoms with Gasteiger partial charge in [0.15, 0.2) is 0 Å². The molecule has 0 fully saturated rings. The zero-order chi connectivity index (χ0) is 14.8. The molecular formula is C16H12Cl2N2O. The summed E-state index contributed by atoms with van der Waals surface area (Å²) in [5.41, 5.74) is 2.57. The van der Waals surface area contributed by atoms with Crippen molar-refractivity contribution in [1.82, 2.24) is 4.98 Å². The summed E-state index contributed by atoms with van der Waals surface area (Å²) in [6.07, 6.45) is 4.14. The van der Waals surface area contributed by atoms with E-state index in [1.165, 1.54) is 0 Å². The summed E-state index contributed by atoms with van der Waals surface area (Å²) < 4.78 is 5.73. The highest BCUT2D eigenvalue weighted by Crippen LogP contribution is 2.34. The van der Waals surface area contributed by atoms with E-state index in [9.17, 15) is 5.26 Å². The third-order valence-electron chi connectivity index (χ3n) is 3.49. The van der Waals surface area contributed by atoms with E-state index in [4.69, 9.17) is 27.9 Å². The van der Waals surface area contributed by atoms with Gasteiger partial charge in [0, 0.05) is 16.8 Å². The SMILES string of the molecule is N#Cc1cc2c(nc1Oc1cc(Cl)ccc1Cl)CCCC2. The number of aryl methyl sites for hydroxylation is 2. The second-order valence-corrected chi connectivity index (χ2v) is 5.79. The maximum atomic E-state index is 9.29. The Labute approximate surface area is 133 Å². The Balaban J connectivity index is 2.02. The first kappa shape index (κ1) is 14.2. The Morgan fingerprint density at radius 3 is 2.76 bits per heavy atom. The zero-order valence-corrected chi connectivity index (χ0v) is 12.7. The minimum Gasteiger partial charge on any atom is -0.436 e. The molecule has 0 radical (unpaired) electrons. The lowest BCUT2D eigenvalue weighted by molar-refractivity contribution is 0.456. The summed E-state index contributed by atoms with van der Waals surface area (Å²) >= 11 is 12.0. The number of pyridine rings is 1. The molecule has 0 amide bonds.